The lowest BCUT2D eigenvalue weighted by Gasteiger charge is -2.46. The minimum atomic E-state index is -3.99. The maximum Gasteiger partial charge on any atom is 0.264 e. The number of amides is 1. The number of sulfonamides is 2. The number of carbonyl (C=O) groups is 1. The van der Waals surface area contributed by atoms with Crippen molar-refractivity contribution in [3.8, 4) is 5.75 Å². The van der Waals surface area contributed by atoms with Crippen LogP contribution in [0.3, 0.4) is 0 Å². The van der Waals surface area contributed by atoms with Crippen LogP contribution < -0.4 is 19.5 Å². The molecule has 256 valence electrons. The fourth-order valence-corrected chi connectivity index (χ4v) is 9.43. The van der Waals surface area contributed by atoms with Crippen LogP contribution in [0.4, 0.5) is 5.69 Å². The van der Waals surface area contributed by atoms with Crippen LogP contribution in [0.25, 0.3) is 0 Å². The van der Waals surface area contributed by atoms with Crippen LogP contribution in [0.5, 0.6) is 5.75 Å². The average Bonchev–Trinajstić information content (AvgIpc) is 3.14. The number of aryl methyl sites for hydroxylation is 1. The normalized spacial score (nSPS) is 31.4. The molecular formula is C34H44ClN3O7S2. The molecule has 6 atom stereocenters. The van der Waals surface area contributed by atoms with Gasteiger partial charge in [0.15, 0.2) is 0 Å². The van der Waals surface area contributed by atoms with Gasteiger partial charge in [-0.15, -0.1) is 0 Å². The summed E-state index contributed by atoms with van der Waals surface area (Å²) < 4.78 is 65.1. The standard InChI is InChI=1S/C34H44ClN3O7S2/c1-22-5-3-7-31(44-15-16-46(36,40)41)28-11-8-26(28)19-38-20-34(14-4-6-24-17-27(35)10-12-29(24)34)21-45-32-13-9-25(18-30(32)38)33(39)37-47(42,43)23(22)2/h3,7,9-10,12-13,17-18,22-23,26,28,31H,4-6,8,11,14-16,19-21H2,1-2H3,(H,37,39)(H2,36,40,41)/b7-3-/t22-,23+,26-,28+,31-,34-/m0/s1. The van der Waals surface area contributed by atoms with Gasteiger partial charge in [0.25, 0.3) is 5.91 Å². The second-order valence-electron chi connectivity index (χ2n) is 13.8. The number of nitrogens with zero attached hydrogens (tertiary/aromatic N) is 1. The van der Waals surface area contributed by atoms with Crippen molar-refractivity contribution in [1.29, 1.82) is 0 Å². The van der Waals surface area contributed by atoms with E-state index < -0.39 is 31.2 Å². The third-order valence-electron chi connectivity index (χ3n) is 10.7. The van der Waals surface area contributed by atoms with Crippen LogP contribution in [-0.4, -0.2) is 66.2 Å². The van der Waals surface area contributed by atoms with E-state index in [2.05, 4.69) is 15.7 Å². The molecule has 1 saturated carbocycles. The molecule has 0 aromatic heterocycles. The number of halogens is 1. The molecule has 3 N–H and O–H groups in total. The molecular weight excluding hydrogens is 662 g/mol. The highest BCUT2D eigenvalue weighted by atomic mass is 35.5. The Morgan fingerprint density at radius 3 is 2.72 bits per heavy atom. The molecule has 1 amide bonds. The first-order valence-corrected chi connectivity index (χ1v) is 20.0. The average molecular weight is 706 g/mol. The fraction of sp³-hybridized carbons (Fsp3) is 0.559. The van der Waals surface area contributed by atoms with Gasteiger partial charge in [0, 0.05) is 29.1 Å². The molecule has 10 nitrogen and oxygen atoms in total. The Bertz CT molecular complexity index is 1770. The number of nitrogens with two attached hydrogens (primary N) is 1. The minimum Gasteiger partial charge on any atom is -0.490 e. The van der Waals surface area contributed by atoms with Crippen LogP contribution >= 0.6 is 11.6 Å². The predicted molar refractivity (Wildman–Crippen MR) is 183 cm³/mol. The number of nitrogens with one attached hydrogen (secondary N) is 1. The minimum absolute atomic E-state index is 0.0321. The lowest BCUT2D eigenvalue weighted by atomic mass is 9.68. The van der Waals surface area contributed by atoms with Crippen LogP contribution in [0.1, 0.15) is 67.4 Å². The zero-order valence-electron chi connectivity index (χ0n) is 26.9. The summed E-state index contributed by atoms with van der Waals surface area (Å²) in [5, 5.41) is 5.13. The van der Waals surface area contributed by atoms with E-state index in [0.29, 0.717) is 36.9 Å². The molecule has 6 rings (SSSR count). The monoisotopic (exact) mass is 705 g/mol. The highest BCUT2D eigenvalue weighted by Gasteiger charge is 2.44. The van der Waals surface area contributed by atoms with Gasteiger partial charge >= 0.3 is 0 Å². The number of anilines is 1. The van der Waals surface area contributed by atoms with Gasteiger partial charge in [0.1, 0.15) is 5.75 Å². The van der Waals surface area contributed by atoms with E-state index >= 15 is 0 Å². The van der Waals surface area contributed by atoms with Gasteiger partial charge in [0.2, 0.25) is 20.0 Å². The van der Waals surface area contributed by atoms with E-state index in [1.807, 2.05) is 31.2 Å². The lowest BCUT2D eigenvalue weighted by Crippen LogP contribution is -2.49. The van der Waals surface area contributed by atoms with E-state index in [4.69, 9.17) is 26.2 Å². The quantitative estimate of drug-likeness (QED) is 0.441. The maximum atomic E-state index is 13.4. The SMILES string of the molecule is C[C@@H]1[C@@H](C)C/C=C\[C@H](OCCS(N)(=O)=O)[C@@H]2CC[C@H]2CN2C[C@@]3(CCCc4cc(Cl)ccc43)COc3ccc(cc32)C(=O)NS1(=O)=O. The van der Waals surface area contributed by atoms with Gasteiger partial charge in [0.05, 0.1) is 36.0 Å². The smallest absolute Gasteiger partial charge is 0.264 e. The van der Waals surface area contributed by atoms with Gasteiger partial charge in [-0.2, -0.15) is 0 Å². The molecule has 0 saturated heterocycles. The van der Waals surface area contributed by atoms with Crippen molar-refractivity contribution in [1.82, 2.24) is 4.72 Å². The summed E-state index contributed by atoms with van der Waals surface area (Å²) in [7, 11) is -7.69. The van der Waals surface area contributed by atoms with Crippen molar-refractivity contribution in [2.75, 3.05) is 37.0 Å². The summed E-state index contributed by atoms with van der Waals surface area (Å²) in [5.41, 5.74) is 3.11. The maximum absolute atomic E-state index is 13.4. The molecule has 0 unspecified atom stereocenters. The van der Waals surface area contributed by atoms with Crippen molar-refractivity contribution in [2.45, 2.75) is 69.1 Å². The molecule has 2 aliphatic carbocycles. The summed E-state index contributed by atoms with van der Waals surface area (Å²) in [5.74, 6) is -0.280. The number of fused-ring (bicyclic) bond motifs is 4. The number of hydrogen-bond donors (Lipinski definition) is 2. The largest absolute Gasteiger partial charge is 0.490 e. The van der Waals surface area contributed by atoms with Gasteiger partial charge in [-0.1, -0.05) is 36.7 Å². The molecule has 13 heteroatoms. The molecule has 2 aromatic carbocycles. The highest BCUT2D eigenvalue weighted by molar-refractivity contribution is 7.90. The Labute approximate surface area is 283 Å². The zero-order valence-corrected chi connectivity index (χ0v) is 29.2. The second-order valence-corrected chi connectivity index (χ2v) is 18.0. The highest BCUT2D eigenvalue weighted by Crippen LogP contribution is 2.47. The van der Waals surface area contributed by atoms with Crippen molar-refractivity contribution >= 4 is 43.2 Å². The number of rotatable bonds is 4. The number of primary sulfonamides is 1. The van der Waals surface area contributed by atoms with Crippen molar-refractivity contribution in [3.63, 3.8) is 0 Å². The van der Waals surface area contributed by atoms with Crippen LogP contribution in [0, 0.1) is 17.8 Å². The Balaban J connectivity index is 1.40. The third kappa shape index (κ3) is 7.36. The Morgan fingerprint density at radius 1 is 1.17 bits per heavy atom. The molecule has 47 heavy (non-hydrogen) atoms. The van der Waals surface area contributed by atoms with Crippen LogP contribution in [0.15, 0.2) is 48.6 Å². The summed E-state index contributed by atoms with van der Waals surface area (Å²) in [4.78, 5) is 15.7. The topological polar surface area (TPSA) is 145 Å². The number of hydrogen-bond acceptors (Lipinski definition) is 8. The molecule has 4 aliphatic rings. The summed E-state index contributed by atoms with van der Waals surface area (Å²) in [6, 6.07) is 11.2. The second kappa shape index (κ2) is 13.3. The first-order valence-electron chi connectivity index (χ1n) is 16.4. The van der Waals surface area contributed by atoms with Crippen molar-refractivity contribution in [3.05, 3.63) is 70.3 Å². The fourth-order valence-electron chi connectivity index (χ4n) is 7.62. The van der Waals surface area contributed by atoms with E-state index in [1.54, 1.807) is 25.1 Å². The van der Waals surface area contributed by atoms with Gasteiger partial charge in [-0.3, -0.25) is 4.79 Å². The van der Waals surface area contributed by atoms with Crippen molar-refractivity contribution in [2.24, 2.45) is 22.9 Å². The summed E-state index contributed by atoms with van der Waals surface area (Å²) in [6.45, 7) is 5.15. The molecule has 1 spiro atoms. The number of ether oxygens (including phenoxy) is 2. The molecule has 2 bridgehead atoms. The molecule has 2 aliphatic heterocycles. The molecule has 2 heterocycles. The number of allylic oxidation sites excluding steroid dienone is 1. The summed E-state index contributed by atoms with van der Waals surface area (Å²) >= 11 is 6.41. The van der Waals surface area contributed by atoms with Crippen LogP contribution in [-0.2, 0) is 36.6 Å². The van der Waals surface area contributed by atoms with E-state index in [0.717, 1.165) is 37.8 Å². The lowest BCUT2D eigenvalue weighted by molar-refractivity contribution is -0.00789. The molecule has 2 aromatic rings. The number of carbonyl (C=O) groups excluding carboxylic acids is 1. The first kappa shape index (κ1) is 34.2. The Hall–Kier alpha value is -2.64. The third-order valence-corrected chi connectivity index (χ3v) is 13.6. The first-order chi connectivity index (χ1) is 22.2. The number of benzene rings is 2. The zero-order chi connectivity index (χ0) is 33.6. The molecule has 0 radical (unpaired) electrons. The van der Waals surface area contributed by atoms with Gasteiger partial charge in [-0.05, 0) is 105 Å². The van der Waals surface area contributed by atoms with E-state index in [1.165, 1.54) is 11.1 Å². The Kier molecular flexibility index (Phi) is 9.72. The van der Waals surface area contributed by atoms with E-state index in [9.17, 15) is 21.6 Å². The predicted octanol–water partition coefficient (Wildman–Crippen LogP) is 4.56. The summed E-state index contributed by atoms with van der Waals surface area (Å²) in [6.07, 6.45) is 8.66. The molecule has 1 fully saturated rings. The van der Waals surface area contributed by atoms with Crippen molar-refractivity contribution < 1.29 is 31.1 Å². The van der Waals surface area contributed by atoms with Crippen LogP contribution in [0.2, 0.25) is 5.02 Å². The Morgan fingerprint density at radius 2 is 1.98 bits per heavy atom. The van der Waals surface area contributed by atoms with E-state index in [-0.39, 0.29) is 47.2 Å². The van der Waals surface area contributed by atoms with Gasteiger partial charge < -0.3 is 14.4 Å². The van der Waals surface area contributed by atoms with Gasteiger partial charge in [-0.25, -0.2) is 26.7 Å².